The molecule has 0 aliphatic carbocycles. The van der Waals surface area contributed by atoms with Crippen LogP contribution < -0.4 is 21.7 Å². The molecular weight excluding hydrogens is 370 g/mol. The number of anilines is 1. The lowest BCUT2D eigenvalue weighted by Gasteiger charge is -2.30. The van der Waals surface area contributed by atoms with E-state index in [1.165, 1.54) is 0 Å². The van der Waals surface area contributed by atoms with Crippen LogP contribution in [-0.4, -0.2) is 54.8 Å². The van der Waals surface area contributed by atoms with Gasteiger partial charge >= 0.3 is 0 Å². The van der Waals surface area contributed by atoms with E-state index >= 15 is 0 Å². The first-order chi connectivity index (χ1) is 14.1. The summed E-state index contributed by atoms with van der Waals surface area (Å²) in [6, 6.07) is 5.18. The van der Waals surface area contributed by atoms with E-state index in [-0.39, 0.29) is 24.1 Å². The maximum Gasteiger partial charge on any atom is 0.255 e. The number of hydrogen-bond donors (Lipinski definition) is 3. The second-order valence-corrected chi connectivity index (χ2v) is 7.68. The van der Waals surface area contributed by atoms with Gasteiger partial charge in [0.2, 0.25) is 11.8 Å². The number of benzene rings is 1. The predicted octanol–water partition coefficient (Wildman–Crippen LogP) is 0.732. The summed E-state index contributed by atoms with van der Waals surface area (Å²) in [6.45, 7) is 3.44. The summed E-state index contributed by atoms with van der Waals surface area (Å²) in [6.07, 6.45) is 4.48. The van der Waals surface area contributed by atoms with Gasteiger partial charge in [-0.1, -0.05) is 6.07 Å². The van der Waals surface area contributed by atoms with Crippen molar-refractivity contribution in [2.24, 2.45) is 11.5 Å². The molecule has 0 radical (unpaired) electrons. The van der Waals surface area contributed by atoms with Crippen molar-refractivity contribution in [1.29, 1.82) is 0 Å². The number of fused-ring (bicyclic) bond motifs is 1. The summed E-state index contributed by atoms with van der Waals surface area (Å²) in [7, 11) is 0. The van der Waals surface area contributed by atoms with Crippen molar-refractivity contribution in [3.63, 3.8) is 0 Å². The molecule has 2 aliphatic heterocycles. The van der Waals surface area contributed by atoms with Crippen LogP contribution >= 0.6 is 0 Å². The zero-order valence-corrected chi connectivity index (χ0v) is 16.9. The molecule has 0 aromatic heterocycles. The number of carbonyl (C=O) groups is 3. The van der Waals surface area contributed by atoms with E-state index in [1.54, 1.807) is 4.90 Å². The number of piperidine rings is 1. The number of hydrogen-bond acceptors (Lipinski definition) is 6. The zero-order chi connectivity index (χ0) is 20.8. The van der Waals surface area contributed by atoms with Gasteiger partial charge in [0, 0.05) is 42.9 Å². The fourth-order valence-corrected chi connectivity index (χ4v) is 4.11. The van der Waals surface area contributed by atoms with Crippen LogP contribution in [0.3, 0.4) is 0 Å². The van der Waals surface area contributed by atoms with Crippen LogP contribution in [0.1, 0.15) is 54.4 Å². The van der Waals surface area contributed by atoms with E-state index in [0.29, 0.717) is 31.6 Å². The summed E-state index contributed by atoms with van der Waals surface area (Å²) < 4.78 is 0. The second kappa shape index (κ2) is 9.84. The Morgan fingerprint density at radius 1 is 1.03 bits per heavy atom. The summed E-state index contributed by atoms with van der Waals surface area (Å²) in [5.74, 6) is -0.797. The molecule has 3 amide bonds. The fourth-order valence-electron chi connectivity index (χ4n) is 4.11. The molecule has 8 nitrogen and oxygen atoms in total. The molecule has 5 N–H and O–H groups in total. The van der Waals surface area contributed by atoms with Crippen molar-refractivity contribution in [2.75, 3.05) is 31.1 Å². The van der Waals surface area contributed by atoms with Gasteiger partial charge < -0.3 is 21.3 Å². The SMILES string of the molecule is NCCCCN(CCCCN)c1cccc2c1CN(C1CCC(=O)NC1=O)C2=O. The first-order valence-electron chi connectivity index (χ1n) is 10.5. The molecule has 0 saturated carbocycles. The van der Waals surface area contributed by atoms with Gasteiger partial charge in [0.1, 0.15) is 6.04 Å². The molecule has 1 unspecified atom stereocenters. The molecule has 1 aromatic carbocycles. The topological polar surface area (TPSA) is 122 Å². The molecule has 1 aromatic rings. The maximum absolute atomic E-state index is 13.0. The van der Waals surface area contributed by atoms with Crippen molar-refractivity contribution >= 4 is 23.4 Å². The molecule has 0 bridgehead atoms. The van der Waals surface area contributed by atoms with Crippen molar-refractivity contribution in [3.8, 4) is 0 Å². The Hall–Kier alpha value is -2.45. The van der Waals surface area contributed by atoms with E-state index in [9.17, 15) is 14.4 Å². The van der Waals surface area contributed by atoms with Gasteiger partial charge in [-0.05, 0) is 57.3 Å². The third-order valence-electron chi connectivity index (χ3n) is 5.66. The van der Waals surface area contributed by atoms with Gasteiger partial charge in [0.05, 0.1) is 0 Å². The van der Waals surface area contributed by atoms with Gasteiger partial charge in [0.25, 0.3) is 5.91 Å². The van der Waals surface area contributed by atoms with Crippen molar-refractivity contribution in [1.82, 2.24) is 10.2 Å². The normalized spacial score (nSPS) is 18.8. The van der Waals surface area contributed by atoms with E-state index in [0.717, 1.165) is 50.0 Å². The third kappa shape index (κ3) is 4.76. The first kappa shape index (κ1) is 21.3. The smallest absolute Gasteiger partial charge is 0.255 e. The largest absolute Gasteiger partial charge is 0.371 e. The van der Waals surface area contributed by atoms with Crippen LogP contribution in [0, 0.1) is 0 Å². The molecule has 158 valence electrons. The van der Waals surface area contributed by atoms with E-state index in [4.69, 9.17) is 11.5 Å². The Morgan fingerprint density at radius 3 is 2.34 bits per heavy atom. The van der Waals surface area contributed by atoms with Crippen LogP contribution in [-0.2, 0) is 16.1 Å². The van der Waals surface area contributed by atoms with Crippen LogP contribution in [0.2, 0.25) is 0 Å². The molecule has 1 atom stereocenters. The lowest BCUT2D eigenvalue weighted by molar-refractivity contribution is -0.136. The van der Waals surface area contributed by atoms with Gasteiger partial charge in [-0.25, -0.2) is 0 Å². The third-order valence-corrected chi connectivity index (χ3v) is 5.66. The van der Waals surface area contributed by atoms with E-state index in [1.807, 2.05) is 18.2 Å². The number of rotatable bonds is 10. The van der Waals surface area contributed by atoms with Crippen LogP contribution in [0.25, 0.3) is 0 Å². The highest BCUT2D eigenvalue weighted by Crippen LogP contribution is 2.34. The summed E-state index contributed by atoms with van der Waals surface area (Å²) in [4.78, 5) is 40.7. The molecule has 29 heavy (non-hydrogen) atoms. The number of imide groups is 1. The Bertz CT molecular complexity index is 757. The quantitative estimate of drug-likeness (QED) is 0.392. The molecule has 2 heterocycles. The van der Waals surface area contributed by atoms with Gasteiger partial charge in [0.15, 0.2) is 0 Å². The molecule has 1 saturated heterocycles. The monoisotopic (exact) mass is 401 g/mol. The highest BCUT2D eigenvalue weighted by Gasteiger charge is 2.40. The Balaban J connectivity index is 1.82. The summed E-state index contributed by atoms with van der Waals surface area (Å²) in [5.41, 5.74) is 14.0. The molecule has 8 heteroatoms. The zero-order valence-electron chi connectivity index (χ0n) is 16.9. The standard InChI is InChI=1S/C21H31N5O3/c22-10-1-3-12-25(13-4-2-11-23)17-7-5-6-15-16(17)14-26(21(15)29)18-8-9-19(27)24-20(18)28/h5-7,18H,1-4,8-14,22-23H2,(H,24,27,28). The molecule has 2 aliphatic rings. The van der Waals surface area contributed by atoms with Gasteiger partial charge in [-0.15, -0.1) is 0 Å². The van der Waals surface area contributed by atoms with Crippen LogP contribution in [0.15, 0.2) is 18.2 Å². The molecule has 3 rings (SSSR count). The minimum absolute atomic E-state index is 0.139. The molecular formula is C21H31N5O3. The summed E-state index contributed by atoms with van der Waals surface area (Å²) in [5, 5.41) is 2.35. The number of carbonyl (C=O) groups excluding carboxylic acids is 3. The van der Waals surface area contributed by atoms with Crippen LogP contribution in [0.4, 0.5) is 5.69 Å². The average Bonchev–Trinajstić information content (AvgIpc) is 3.04. The summed E-state index contributed by atoms with van der Waals surface area (Å²) >= 11 is 0. The molecule has 1 fully saturated rings. The van der Waals surface area contributed by atoms with E-state index in [2.05, 4.69) is 10.2 Å². The minimum Gasteiger partial charge on any atom is -0.371 e. The first-order valence-corrected chi connectivity index (χ1v) is 10.5. The minimum atomic E-state index is -0.594. The predicted molar refractivity (Wildman–Crippen MR) is 111 cm³/mol. The number of unbranched alkanes of at least 4 members (excludes halogenated alkanes) is 2. The number of nitrogens with zero attached hydrogens (tertiary/aromatic N) is 2. The lowest BCUT2D eigenvalue weighted by Crippen LogP contribution is -2.52. The maximum atomic E-state index is 13.0. The van der Waals surface area contributed by atoms with Crippen molar-refractivity contribution in [3.05, 3.63) is 29.3 Å². The highest BCUT2D eigenvalue weighted by atomic mass is 16.2. The number of amides is 3. The van der Waals surface area contributed by atoms with E-state index < -0.39 is 6.04 Å². The van der Waals surface area contributed by atoms with Gasteiger partial charge in [-0.2, -0.15) is 0 Å². The lowest BCUT2D eigenvalue weighted by atomic mass is 10.0. The molecule has 0 spiro atoms. The fraction of sp³-hybridized carbons (Fsp3) is 0.571. The second-order valence-electron chi connectivity index (χ2n) is 7.68. The highest BCUT2D eigenvalue weighted by molar-refractivity contribution is 6.06. The average molecular weight is 402 g/mol. The van der Waals surface area contributed by atoms with Crippen molar-refractivity contribution in [2.45, 2.75) is 51.1 Å². The van der Waals surface area contributed by atoms with Crippen molar-refractivity contribution < 1.29 is 14.4 Å². The Kier molecular flexibility index (Phi) is 7.22. The van der Waals surface area contributed by atoms with Crippen LogP contribution in [0.5, 0.6) is 0 Å². The number of nitrogens with one attached hydrogen (secondary N) is 1. The number of nitrogens with two attached hydrogens (primary N) is 2. The Labute approximate surface area is 171 Å². The van der Waals surface area contributed by atoms with Gasteiger partial charge in [-0.3, -0.25) is 19.7 Å². The Morgan fingerprint density at radius 2 is 1.72 bits per heavy atom.